The van der Waals surface area contributed by atoms with Gasteiger partial charge in [-0.25, -0.2) is 0 Å². The van der Waals surface area contributed by atoms with Crippen molar-refractivity contribution >= 4 is 39.2 Å². The summed E-state index contributed by atoms with van der Waals surface area (Å²) in [7, 11) is -1.90. The molecule has 0 bridgehead atoms. The van der Waals surface area contributed by atoms with Crippen molar-refractivity contribution in [1.29, 1.82) is 0 Å². The summed E-state index contributed by atoms with van der Waals surface area (Å²) in [6.07, 6.45) is 2.28. The largest absolute Gasteiger partial charge is 0.362 e. The van der Waals surface area contributed by atoms with Crippen LogP contribution in [-0.2, 0) is 21.2 Å². The first-order valence-corrected chi connectivity index (χ1v) is 11.9. The van der Waals surface area contributed by atoms with E-state index in [2.05, 4.69) is 27.9 Å². The molecule has 1 amide bonds. The van der Waals surface area contributed by atoms with Crippen LogP contribution in [-0.4, -0.2) is 43.9 Å². The maximum atomic E-state index is 12.6. The van der Waals surface area contributed by atoms with E-state index in [0.717, 1.165) is 17.9 Å². The molecule has 0 aromatic heterocycles. The minimum Gasteiger partial charge on any atom is -0.362 e. The number of rotatable bonds is 4. The van der Waals surface area contributed by atoms with Crippen molar-refractivity contribution in [3.8, 4) is 0 Å². The molecule has 6 nitrogen and oxygen atoms in total. The Balaban J connectivity index is 1.43. The van der Waals surface area contributed by atoms with Gasteiger partial charge < -0.3 is 10.2 Å². The lowest BCUT2D eigenvalue weighted by Gasteiger charge is -2.12. The molecule has 152 valence electrons. The zero-order chi connectivity index (χ0) is 20.6. The molecule has 1 saturated heterocycles. The highest BCUT2D eigenvalue weighted by atomic mass is 32.2. The molecule has 1 fully saturated rings. The Hall–Kier alpha value is -2.32. The van der Waals surface area contributed by atoms with Crippen LogP contribution < -0.4 is 5.32 Å². The van der Waals surface area contributed by atoms with Crippen molar-refractivity contribution in [1.82, 2.24) is 4.90 Å². The molecule has 8 heteroatoms. The Labute approximate surface area is 175 Å². The van der Waals surface area contributed by atoms with E-state index in [1.54, 1.807) is 23.9 Å². The van der Waals surface area contributed by atoms with Crippen LogP contribution in [0.2, 0.25) is 0 Å². The van der Waals surface area contributed by atoms with Gasteiger partial charge >= 0.3 is 0 Å². The Kier molecular flexibility index (Phi) is 5.40. The van der Waals surface area contributed by atoms with Gasteiger partial charge in [0.05, 0.1) is 10.1 Å². The average molecular weight is 430 g/mol. The Bertz CT molecular complexity index is 1080. The highest BCUT2D eigenvalue weighted by Gasteiger charge is 2.28. The first-order chi connectivity index (χ1) is 13.8. The van der Waals surface area contributed by atoms with Gasteiger partial charge in [-0.3, -0.25) is 4.79 Å². The number of anilines is 1. The van der Waals surface area contributed by atoms with Crippen LogP contribution >= 0.6 is 11.8 Å². The predicted octanol–water partition coefficient (Wildman–Crippen LogP) is 3.46. The van der Waals surface area contributed by atoms with Crippen molar-refractivity contribution in [2.24, 2.45) is 4.40 Å². The Morgan fingerprint density at radius 3 is 2.66 bits per heavy atom. The highest BCUT2D eigenvalue weighted by molar-refractivity contribution is 8.01. The first-order valence-electron chi connectivity index (χ1n) is 9.54. The van der Waals surface area contributed by atoms with E-state index < -0.39 is 10.0 Å². The third-order valence-electron chi connectivity index (χ3n) is 5.17. The number of fused-ring (bicyclic) bond motifs is 1. The molecule has 0 radical (unpaired) electrons. The molecule has 0 saturated carbocycles. The number of carbonyl (C=O) groups is 1. The minimum atomic E-state index is -3.75. The molecule has 4 rings (SSSR count). The molecule has 1 atom stereocenters. The van der Waals surface area contributed by atoms with Crippen LogP contribution in [0.15, 0.2) is 56.7 Å². The molecule has 0 unspecified atom stereocenters. The number of nitrogens with zero attached hydrogens (tertiary/aromatic N) is 2. The fourth-order valence-electron chi connectivity index (χ4n) is 3.52. The van der Waals surface area contributed by atoms with Crippen LogP contribution in [0.1, 0.15) is 24.0 Å². The summed E-state index contributed by atoms with van der Waals surface area (Å²) in [6, 6.07) is 12.4. The monoisotopic (exact) mass is 429 g/mol. The summed E-state index contributed by atoms with van der Waals surface area (Å²) in [5.41, 5.74) is 2.95. The molecule has 2 aromatic carbocycles. The van der Waals surface area contributed by atoms with Crippen molar-refractivity contribution in [3.05, 3.63) is 53.6 Å². The van der Waals surface area contributed by atoms with Crippen molar-refractivity contribution < 1.29 is 13.2 Å². The Morgan fingerprint density at radius 1 is 1.21 bits per heavy atom. The van der Waals surface area contributed by atoms with Crippen molar-refractivity contribution in [3.63, 3.8) is 0 Å². The van der Waals surface area contributed by atoms with Gasteiger partial charge in [0, 0.05) is 30.6 Å². The van der Waals surface area contributed by atoms with Gasteiger partial charge in [0.25, 0.3) is 10.0 Å². The number of sulfonamides is 1. The summed E-state index contributed by atoms with van der Waals surface area (Å²) in [6.45, 7) is 2.86. The van der Waals surface area contributed by atoms with Crippen LogP contribution in [0.25, 0.3) is 0 Å². The summed E-state index contributed by atoms with van der Waals surface area (Å²) < 4.78 is 29.0. The molecule has 2 aromatic rings. The number of carbonyl (C=O) groups excluding carboxylic acids is 1. The lowest BCUT2D eigenvalue weighted by molar-refractivity contribution is -0.115. The molecule has 0 aliphatic carbocycles. The smallest absolute Gasteiger partial charge is 0.283 e. The third kappa shape index (κ3) is 4.33. The number of amidine groups is 1. The third-order valence-corrected chi connectivity index (χ3v) is 7.79. The second kappa shape index (κ2) is 7.84. The number of hydrogen-bond acceptors (Lipinski definition) is 4. The number of nitrogens with one attached hydrogen (secondary N) is 1. The number of thioether (sulfide) groups is 1. The number of benzene rings is 2. The molecule has 2 aliphatic heterocycles. The number of likely N-dealkylation sites (tertiary alicyclic amines) is 1. The zero-order valence-corrected chi connectivity index (χ0v) is 18.0. The van der Waals surface area contributed by atoms with Crippen LogP contribution in [0.4, 0.5) is 5.69 Å². The molecular formula is C21H23N3O3S2. The maximum absolute atomic E-state index is 12.6. The van der Waals surface area contributed by atoms with Gasteiger partial charge in [0.2, 0.25) is 5.91 Å². The van der Waals surface area contributed by atoms with Crippen LogP contribution in [0.3, 0.4) is 0 Å². The van der Waals surface area contributed by atoms with Gasteiger partial charge in [-0.2, -0.15) is 8.42 Å². The van der Waals surface area contributed by atoms with E-state index in [4.69, 9.17) is 0 Å². The Morgan fingerprint density at radius 2 is 1.97 bits per heavy atom. The fourth-order valence-corrected chi connectivity index (χ4v) is 5.90. The lowest BCUT2D eigenvalue weighted by atomic mass is 10.1. The normalized spacial score (nSPS) is 20.1. The van der Waals surface area contributed by atoms with Gasteiger partial charge in [-0.15, -0.1) is 16.2 Å². The summed E-state index contributed by atoms with van der Waals surface area (Å²) in [5.74, 6) is 0.516. The second-order valence-electron chi connectivity index (χ2n) is 7.44. The quantitative estimate of drug-likeness (QED) is 0.805. The molecular weight excluding hydrogens is 406 g/mol. The van der Waals surface area contributed by atoms with E-state index in [9.17, 15) is 13.2 Å². The highest BCUT2D eigenvalue weighted by Crippen LogP contribution is 2.38. The maximum Gasteiger partial charge on any atom is 0.283 e. The standard InChI is InChI=1S/C21H23N3O3S2/c1-14-5-6-15-13-19(28-18(15)12-14)21(25)22-16-7-9-17(10-8-16)29(26,27)23-20-4-3-11-24(20)2/h5-10,12,19H,3-4,11,13H2,1-2H3,(H,22,25)/t19-/m0/s1. The van der Waals surface area contributed by atoms with Crippen LogP contribution in [0, 0.1) is 6.92 Å². The van der Waals surface area contributed by atoms with Gasteiger partial charge in [0.15, 0.2) is 0 Å². The number of hydrogen-bond donors (Lipinski definition) is 1. The second-order valence-corrected chi connectivity index (χ2v) is 10.3. The molecule has 2 aliphatic rings. The molecule has 0 spiro atoms. The van der Waals surface area contributed by atoms with Gasteiger partial charge in [-0.05, 0) is 55.7 Å². The van der Waals surface area contributed by atoms with E-state index in [1.807, 2.05) is 18.9 Å². The van der Waals surface area contributed by atoms with E-state index >= 15 is 0 Å². The zero-order valence-electron chi connectivity index (χ0n) is 16.4. The minimum absolute atomic E-state index is 0.0766. The van der Waals surface area contributed by atoms with Crippen molar-refractivity contribution in [2.75, 3.05) is 18.9 Å². The topological polar surface area (TPSA) is 78.8 Å². The lowest BCUT2D eigenvalue weighted by Crippen LogP contribution is -2.24. The SMILES string of the molecule is Cc1ccc2c(c1)S[C@H](C(=O)Nc1ccc(S(=O)(=O)N=C3CCCN3C)cc1)C2. The number of aryl methyl sites for hydroxylation is 1. The first kappa shape index (κ1) is 20.0. The number of amides is 1. The summed E-state index contributed by atoms with van der Waals surface area (Å²) in [4.78, 5) is 15.8. The van der Waals surface area contributed by atoms with Gasteiger partial charge in [-0.1, -0.05) is 17.7 Å². The summed E-state index contributed by atoms with van der Waals surface area (Å²) in [5, 5.41) is 2.71. The average Bonchev–Trinajstić information content (AvgIpc) is 3.28. The van der Waals surface area contributed by atoms with Crippen molar-refractivity contribution in [2.45, 2.75) is 41.2 Å². The van der Waals surface area contributed by atoms with E-state index in [-0.39, 0.29) is 16.1 Å². The fraction of sp³-hybridized carbons (Fsp3) is 0.333. The molecule has 2 heterocycles. The summed E-state index contributed by atoms with van der Waals surface area (Å²) >= 11 is 1.57. The van der Waals surface area contributed by atoms with E-state index in [0.29, 0.717) is 24.4 Å². The molecule has 1 N–H and O–H groups in total. The molecule has 29 heavy (non-hydrogen) atoms. The van der Waals surface area contributed by atoms with Crippen LogP contribution in [0.5, 0.6) is 0 Å². The van der Waals surface area contributed by atoms with E-state index in [1.165, 1.54) is 23.3 Å². The van der Waals surface area contributed by atoms with Gasteiger partial charge in [0.1, 0.15) is 5.84 Å². The predicted molar refractivity (Wildman–Crippen MR) is 116 cm³/mol.